The Morgan fingerprint density at radius 1 is 1.04 bits per heavy atom. The predicted octanol–water partition coefficient (Wildman–Crippen LogP) is 2.63. The Labute approximate surface area is 141 Å². The molecule has 0 radical (unpaired) electrons. The molecule has 0 saturated heterocycles. The van der Waals surface area contributed by atoms with Crippen LogP contribution in [-0.2, 0) is 13.2 Å². The molecule has 0 atom stereocenters. The Morgan fingerprint density at radius 2 is 1.83 bits per heavy atom. The summed E-state index contributed by atoms with van der Waals surface area (Å²) in [5, 5.41) is 14.0. The van der Waals surface area contributed by atoms with Crippen LogP contribution in [0.15, 0.2) is 48.5 Å². The van der Waals surface area contributed by atoms with Gasteiger partial charge in [-0.3, -0.25) is 0 Å². The fraction of sp³-hybridized carbons (Fsp3) is 0.278. The molecule has 0 aliphatic heterocycles. The summed E-state index contributed by atoms with van der Waals surface area (Å²) in [6.45, 7) is 2.03. The minimum atomic E-state index is -1.02. The van der Waals surface area contributed by atoms with Crippen LogP contribution in [0.2, 0.25) is 0 Å². The molecule has 2 aromatic rings. The summed E-state index contributed by atoms with van der Waals surface area (Å²) in [6.07, 6.45) is -1.02. The standard InChI is InChI=1S/C18H22N2O4/c1-23-17-11-15(12-19-9-10-20-18(21)22)7-8-16(17)24-13-14-5-3-2-4-6-14/h2-8,11,19-20H,9-10,12-13H2,1H3,(H,21,22). The summed E-state index contributed by atoms with van der Waals surface area (Å²) in [4.78, 5) is 10.3. The van der Waals surface area contributed by atoms with Gasteiger partial charge in [0, 0.05) is 19.6 Å². The van der Waals surface area contributed by atoms with Crippen molar-refractivity contribution in [3.05, 3.63) is 59.7 Å². The van der Waals surface area contributed by atoms with Crippen LogP contribution in [0.3, 0.4) is 0 Å². The predicted molar refractivity (Wildman–Crippen MR) is 91.5 cm³/mol. The molecule has 6 nitrogen and oxygen atoms in total. The summed E-state index contributed by atoms with van der Waals surface area (Å²) in [5.41, 5.74) is 2.13. The molecule has 1 amide bonds. The second-order valence-electron chi connectivity index (χ2n) is 5.17. The molecule has 0 saturated carbocycles. The molecular formula is C18H22N2O4. The first-order valence-electron chi connectivity index (χ1n) is 7.70. The van der Waals surface area contributed by atoms with Crippen LogP contribution in [0.5, 0.6) is 11.5 Å². The number of hydrogen-bond donors (Lipinski definition) is 3. The van der Waals surface area contributed by atoms with Crippen molar-refractivity contribution in [3.8, 4) is 11.5 Å². The Hall–Kier alpha value is -2.73. The zero-order chi connectivity index (χ0) is 17.2. The van der Waals surface area contributed by atoms with Crippen LogP contribution in [-0.4, -0.2) is 31.4 Å². The second-order valence-corrected chi connectivity index (χ2v) is 5.17. The zero-order valence-corrected chi connectivity index (χ0v) is 13.6. The molecule has 128 valence electrons. The number of nitrogens with one attached hydrogen (secondary N) is 2. The Morgan fingerprint density at radius 3 is 2.54 bits per heavy atom. The third kappa shape index (κ3) is 5.81. The first-order valence-corrected chi connectivity index (χ1v) is 7.70. The van der Waals surface area contributed by atoms with E-state index in [0.717, 1.165) is 11.1 Å². The monoisotopic (exact) mass is 330 g/mol. The Kier molecular flexibility index (Phi) is 6.91. The van der Waals surface area contributed by atoms with E-state index in [1.807, 2.05) is 48.5 Å². The number of rotatable bonds is 9. The molecule has 3 N–H and O–H groups in total. The van der Waals surface area contributed by atoms with E-state index in [0.29, 0.717) is 37.7 Å². The lowest BCUT2D eigenvalue weighted by Crippen LogP contribution is -2.30. The van der Waals surface area contributed by atoms with Crippen LogP contribution in [0.25, 0.3) is 0 Å². The van der Waals surface area contributed by atoms with E-state index in [-0.39, 0.29) is 0 Å². The highest BCUT2D eigenvalue weighted by atomic mass is 16.5. The maximum absolute atomic E-state index is 10.3. The SMILES string of the molecule is COc1cc(CNCCNC(=O)O)ccc1OCc1ccccc1. The van der Waals surface area contributed by atoms with Crippen molar-refractivity contribution < 1.29 is 19.4 Å². The number of methoxy groups -OCH3 is 1. The van der Waals surface area contributed by atoms with E-state index in [1.54, 1.807) is 7.11 Å². The normalized spacial score (nSPS) is 10.2. The maximum Gasteiger partial charge on any atom is 0.404 e. The van der Waals surface area contributed by atoms with Crippen molar-refractivity contribution in [2.45, 2.75) is 13.2 Å². The summed E-state index contributed by atoms with van der Waals surface area (Å²) in [5.74, 6) is 1.37. The topological polar surface area (TPSA) is 79.8 Å². The summed E-state index contributed by atoms with van der Waals surface area (Å²) in [6, 6.07) is 15.7. The lowest BCUT2D eigenvalue weighted by atomic mass is 10.2. The second kappa shape index (κ2) is 9.42. The highest BCUT2D eigenvalue weighted by Crippen LogP contribution is 2.28. The third-order valence-electron chi connectivity index (χ3n) is 3.37. The molecule has 0 fully saturated rings. The molecule has 0 unspecified atom stereocenters. The number of hydrogen-bond acceptors (Lipinski definition) is 4. The van der Waals surface area contributed by atoms with Crippen molar-refractivity contribution in [2.24, 2.45) is 0 Å². The minimum absolute atomic E-state index is 0.366. The largest absolute Gasteiger partial charge is 0.493 e. The fourth-order valence-electron chi connectivity index (χ4n) is 2.17. The molecule has 6 heteroatoms. The van der Waals surface area contributed by atoms with Gasteiger partial charge >= 0.3 is 6.09 Å². The highest BCUT2D eigenvalue weighted by molar-refractivity contribution is 5.64. The van der Waals surface area contributed by atoms with Gasteiger partial charge in [0.2, 0.25) is 0 Å². The molecule has 2 rings (SSSR count). The Bertz CT molecular complexity index is 647. The molecule has 2 aromatic carbocycles. The quantitative estimate of drug-likeness (QED) is 0.616. The molecule has 0 aliphatic rings. The van der Waals surface area contributed by atoms with E-state index in [1.165, 1.54) is 0 Å². The van der Waals surface area contributed by atoms with E-state index in [9.17, 15) is 4.79 Å². The van der Waals surface area contributed by atoms with Gasteiger partial charge in [-0.15, -0.1) is 0 Å². The van der Waals surface area contributed by atoms with E-state index in [2.05, 4.69) is 10.6 Å². The van der Waals surface area contributed by atoms with Crippen molar-refractivity contribution in [3.63, 3.8) is 0 Å². The summed E-state index contributed by atoms with van der Waals surface area (Å²) in [7, 11) is 1.61. The molecule has 0 aliphatic carbocycles. The molecule has 0 heterocycles. The first-order chi connectivity index (χ1) is 11.7. The molecular weight excluding hydrogens is 308 g/mol. The van der Waals surface area contributed by atoms with Gasteiger partial charge in [-0.25, -0.2) is 4.79 Å². The van der Waals surface area contributed by atoms with E-state index >= 15 is 0 Å². The van der Waals surface area contributed by atoms with Gasteiger partial charge in [-0.1, -0.05) is 36.4 Å². The van der Waals surface area contributed by atoms with Crippen LogP contribution in [0, 0.1) is 0 Å². The smallest absolute Gasteiger partial charge is 0.404 e. The first kappa shape index (κ1) is 17.6. The van der Waals surface area contributed by atoms with Crippen molar-refractivity contribution in [1.82, 2.24) is 10.6 Å². The van der Waals surface area contributed by atoms with Crippen molar-refractivity contribution in [1.29, 1.82) is 0 Å². The van der Waals surface area contributed by atoms with Gasteiger partial charge < -0.3 is 25.2 Å². The van der Waals surface area contributed by atoms with Crippen LogP contribution in [0.1, 0.15) is 11.1 Å². The van der Waals surface area contributed by atoms with Crippen LogP contribution < -0.4 is 20.1 Å². The zero-order valence-electron chi connectivity index (χ0n) is 13.6. The summed E-state index contributed by atoms with van der Waals surface area (Å²) >= 11 is 0. The molecule has 24 heavy (non-hydrogen) atoms. The number of carbonyl (C=O) groups is 1. The Balaban J connectivity index is 1.86. The average molecular weight is 330 g/mol. The third-order valence-corrected chi connectivity index (χ3v) is 3.37. The number of carboxylic acid groups (broad SMARTS) is 1. The van der Waals surface area contributed by atoms with Crippen molar-refractivity contribution in [2.75, 3.05) is 20.2 Å². The van der Waals surface area contributed by atoms with Gasteiger partial charge in [0.15, 0.2) is 11.5 Å². The number of amides is 1. The maximum atomic E-state index is 10.3. The summed E-state index contributed by atoms with van der Waals surface area (Å²) < 4.78 is 11.2. The molecule has 0 bridgehead atoms. The highest BCUT2D eigenvalue weighted by Gasteiger charge is 2.06. The lowest BCUT2D eigenvalue weighted by molar-refractivity contribution is 0.194. The van der Waals surface area contributed by atoms with Gasteiger partial charge in [0.1, 0.15) is 6.61 Å². The number of ether oxygens (including phenoxy) is 2. The van der Waals surface area contributed by atoms with Crippen LogP contribution in [0.4, 0.5) is 4.79 Å². The lowest BCUT2D eigenvalue weighted by Gasteiger charge is -2.13. The van der Waals surface area contributed by atoms with Gasteiger partial charge in [-0.05, 0) is 23.3 Å². The average Bonchev–Trinajstić information content (AvgIpc) is 2.60. The number of benzene rings is 2. The fourth-order valence-corrected chi connectivity index (χ4v) is 2.17. The van der Waals surface area contributed by atoms with E-state index < -0.39 is 6.09 Å². The van der Waals surface area contributed by atoms with Gasteiger partial charge in [-0.2, -0.15) is 0 Å². The minimum Gasteiger partial charge on any atom is -0.493 e. The van der Waals surface area contributed by atoms with E-state index in [4.69, 9.17) is 14.6 Å². The van der Waals surface area contributed by atoms with Crippen LogP contribution >= 0.6 is 0 Å². The molecule has 0 aromatic heterocycles. The van der Waals surface area contributed by atoms with Crippen molar-refractivity contribution >= 4 is 6.09 Å². The van der Waals surface area contributed by atoms with Gasteiger partial charge in [0.25, 0.3) is 0 Å². The molecule has 0 spiro atoms. The van der Waals surface area contributed by atoms with Gasteiger partial charge in [0.05, 0.1) is 7.11 Å².